The molecule has 0 aromatic heterocycles. The Morgan fingerprint density at radius 3 is 2.84 bits per heavy atom. The van der Waals surface area contributed by atoms with Gasteiger partial charge < -0.3 is 5.32 Å². The number of Topliss-reactive ketones (excluding diaryl/α,β-unsaturated/α-hetero) is 1. The number of hydrogen-bond acceptors (Lipinski definition) is 3. The van der Waals surface area contributed by atoms with Gasteiger partial charge in [-0.05, 0) is 24.1 Å². The number of ketones is 1. The summed E-state index contributed by atoms with van der Waals surface area (Å²) < 4.78 is 0. The molecule has 1 amide bonds. The Morgan fingerprint density at radius 1 is 1.37 bits per heavy atom. The number of carbonyl (C=O) groups excluding carboxylic acids is 2. The minimum atomic E-state index is -0.487. The SMILES string of the molecule is CBc1cc2c(c3c1CCN(CC)C3)NC(=O)C2=O. The summed E-state index contributed by atoms with van der Waals surface area (Å²) in [5.41, 5.74) is 5.04. The van der Waals surface area contributed by atoms with Crippen LogP contribution in [-0.2, 0) is 17.8 Å². The van der Waals surface area contributed by atoms with Gasteiger partial charge >= 0.3 is 0 Å². The van der Waals surface area contributed by atoms with E-state index < -0.39 is 5.91 Å². The highest BCUT2D eigenvalue weighted by atomic mass is 16.2. The molecule has 0 spiro atoms. The van der Waals surface area contributed by atoms with Gasteiger partial charge in [0.1, 0.15) is 0 Å². The lowest BCUT2D eigenvalue weighted by molar-refractivity contribution is -0.112. The molecule has 0 saturated carbocycles. The zero-order valence-electron chi connectivity index (χ0n) is 11.4. The second-order valence-corrected chi connectivity index (χ2v) is 5.17. The molecule has 5 heteroatoms. The lowest BCUT2D eigenvalue weighted by Gasteiger charge is -2.30. The number of amides is 1. The largest absolute Gasteiger partial charge is 0.318 e. The van der Waals surface area contributed by atoms with Gasteiger partial charge in [-0.25, -0.2) is 0 Å². The van der Waals surface area contributed by atoms with Crippen molar-refractivity contribution in [1.82, 2.24) is 4.90 Å². The molecule has 3 rings (SSSR count). The molecule has 2 aliphatic heterocycles. The second-order valence-electron chi connectivity index (χ2n) is 5.17. The summed E-state index contributed by atoms with van der Waals surface area (Å²) in [6.07, 6.45) is 1.00. The van der Waals surface area contributed by atoms with E-state index in [1.807, 2.05) is 6.07 Å². The van der Waals surface area contributed by atoms with Crippen LogP contribution in [0.2, 0.25) is 6.82 Å². The van der Waals surface area contributed by atoms with E-state index in [1.54, 1.807) is 0 Å². The second kappa shape index (κ2) is 4.49. The van der Waals surface area contributed by atoms with Crippen LogP contribution in [0.4, 0.5) is 5.69 Å². The molecule has 0 aliphatic carbocycles. The smallest absolute Gasteiger partial charge is 0.296 e. The van der Waals surface area contributed by atoms with E-state index in [1.165, 1.54) is 11.0 Å². The molecule has 4 nitrogen and oxygen atoms in total. The summed E-state index contributed by atoms with van der Waals surface area (Å²) >= 11 is 0. The van der Waals surface area contributed by atoms with Gasteiger partial charge in [-0.2, -0.15) is 0 Å². The van der Waals surface area contributed by atoms with Gasteiger partial charge in [-0.1, -0.05) is 25.3 Å². The summed E-state index contributed by atoms with van der Waals surface area (Å²) in [5, 5.41) is 2.76. The molecule has 0 unspecified atom stereocenters. The maximum atomic E-state index is 11.9. The zero-order chi connectivity index (χ0) is 13.6. The molecular formula is C14H17BN2O2. The van der Waals surface area contributed by atoms with Gasteiger partial charge in [-0.15, -0.1) is 0 Å². The summed E-state index contributed by atoms with van der Waals surface area (Å²) in [4.78, 5) is 25.8. The number of nitrogens with zero attached hydrogens (tertiary/aromatic N) is 1. The van der Waals surface area contributed by atoms with Gasteiger partial charge in [0.15, 0.2) is 7.28 Å². The lowest BCUT2D eigenvalue weighted by atomic mass is 9.68. The number of carbonyl (C=O) groups is 2. The first-order chi connectivity index (χ1) is 9.15. The van der Waals surface area contributed by atoms with Gasteiger partial charge in [0.2, 0.25) is 0 Å². The maximum absolute atomic E-state index is 11.9. The summed E-state index contributed by atoms with van der Waals surface area (Å²) in [5.74, 6) is -0.875. The molecule has 0 atom stereocenters. The molecule has 1 aromatic carbocycles. The van der Waals surface area contributed by atoms with Crippen LogP contribution < -0.4 is 10.8 Å². The molecule has 2 aliphatic rings. The van der Waals surface area contributed by atoms with Crippen LogP contribution in [0.15, 0.2) is 6.07 Å². The van der Waals surface area contributed by atoms with Gasteiger partial charge in [0, 0.05) is 13.1 Å². The summed E-state index contributed by atoms with van der Waals surface area (Å²) in [6.45, 7) is 7.11. The van der Waals surface area contributed by atoms with E-state index in [0.717, 1.165) is 44.6 Å². The Balaban J connectivity index is 2.17. The van der Waals surface area contributed by atoms with E-state index in [-0.39, 0.29) is 5.78 Å². The molecule has 98 valence electrons. The first-order valence-corrected chi connectivity index (χ1v) is 6.91. The highest BCUT2D eigenvalue weighted by molar-refractivity contribution is 6.56. The fraction of sp³-hybridized carbons (Fsp3) is 0.429. The van der Waals surface area contributed by atoms with Gasteiger partial charge in [-0.3, -0.25) is 14.5 Å². The third-order valence-electron chi connectivity index (χ3n) is 4.22. The molecule has 1 N–H and O–H groups in total. The number of benzene rings is 1. The molecule has 19 heavy (non-hydrogen) atoms. The Hall–Kier alpha value is -1.62. The topological polar surface area (TPSA) is 49.4 Å². The minimum Gasteiger partial charge on any atom is -0.318 e. The minimum absolute atomic E-state index is 0.388. The Morgan fingerprint density at radius 2 is 2.16 bits per heavy atom. The number of hydrogen-bond donors (Lipinski definition) is 1. The molecule has 2 heterocycles. The van der Waals surface area contributed by atoms with Crippen molar-refractivity contribution in [3.63, 3.8) is 0 Å². The van der Waals surface area contributed by atoms with Crippen LogP contribution in [0.1, 0.15) is 28.4 Å². The van der Waals surface area contributed by atoms with Crippen molar-refractivity contribution in [2.75, 3.05) is 18.4 Å². The van der Waals surface area contributed by atoms with E-state index in [4.69, 9.17) is 0 Å². The van der Waals surface area contributed by atoms with Crippen molar-refractivity contribution in [3.05, 3.63) is 22.8 Å². The van der Waals surface area contributed by atoms with E-state index >= 15 is 0 Å². The molecule has 0 saturated heterocycles. The molecule has 0 fully saturated rings. The molecule has 1 aromatic rings. The number of nitrogens with one attached hydrogen (secondary N) is 1. The summed E-state index contributed by atoms with van der Waals surface area (Å²) in [6, 6.07) is 1.91. The third-order valence-corrected chi connectivity index (χ3v) is 4.22. The van der Waals surface area contributed by atoms with Crippen LogP contribution in [0.5, 0.6) is 0 Å². The molecule has 0 radical (unpaired) electrons. The molecular weight excluding hydrogens is 239 g/mol. The average molecular weight is 256 g/mol. The van der Waals surface area contributed by atoms with Crippen molar-refractivity contribution in [2.24, 2.45) is 0 Å². The zero-order valence-corrected chi connectivity index (χ0v) is 11.4. The van der Waals surface area contributed by atoms with Crippen molar-refractivity contribution in [2.45, 2.75) is 26.7 Å². The summed E-state index contributed by atoms with van der Waals surface area (Å²) in [7, 11) is 0.906. The number of fused-ring (bicyclic) bond motifs is 3. The van der Waals surface area contributed by atoms with Crippen LogP contribution >= 0.6 is 0 Å². The van der Waals surface area contributed by atoms with Crippen molar-refractivity contribution < 1.29 is 9.59 Å². The van der Waals surface area contributed by atoms with Gasteiger partial charge in [0.05, 0.1) is 11.3 Å². The van der Waals surface area contributed by atoms with Gasteiger partial charge in [0.25, 0.3) is 11.7 Å². The Kier molecular flexibility index (Phi) is 2.94. The van der Waals surface area contributed by atoms with Crippen LogP contribution in [0, 0.1) is 0 Å². The number of likely N-dealkylation sites (N-methyl/N-ethyl adjacent to an activating group) is 1. The third kappa shape index (κ3) is 1.80. The van der Waals surface area contributed by atoms with Crippen molar-refractivity contribution in [1.29, 1.82) is 0 Å². The van der Waals surface area contributed by atoms with Crippen LogP contribution in [0.25, 0.3) is 0 Å². The van der Waals surface area contributed by atoms with Crippen LogP contribution in [-0.4, -0.2) is 37.0 Å². The monoisotopic (exact) mass is 256 g/mol. The average Bonchev–Trinajstić information content (AvgIpc) is 2.73. The van der Waals surface area contributed by atoms with E-state index in [9.17, 15) is 9.59 Å². The number of rotatable bonds is 2. The standard InChI is InChI=1S/C14H17BN2O2/c1-3-17-5-4-8-10(7-17)12-9(6-11(8)15-2)13(18)14(19)16-12/h6,15H,3-5,7H2,1-2H3,(H,16,18,19). The highest BCUT2D eigenvalue weighted by Crippen LogP contribution is 2.32. The predicted octanol–water partition coefficient (Wildman–Crippen LogP) is 0.309. The van der Waals surface area contributed by atoms with Crippen molar-refractivity contribution in [3.8, 4) is 0 Å². The highest BCUT2D eigenvalue weighted by Gasteiger charge is 2.33. The predicted molar refractivity (Wildman–Crippen MR) is 76.7 cm³/mol. The first-order valence-electron chi connectivity index (χ1n) is 6.91. The normalized spacial score (nSPS) is 18.0. The molecule has 0 bridgehead atoms. The first kappa shape index (κ1) is 12.4. The Labute approximate surface area is 113 Å². The quantitative estimate of drug-likeness (QED) is 0.612. The fourth-order valence-electron chi connectivity index (χ4n) is 3.10. The lowest BCUT2D eigenvalue weighted by Crippen LogP contribution is -2.35. The Bertz CT molecular complexity index is 583. The maximum Gasteiger partial charge on any atom is 0.296 e. The van der Waals surface area contributed by atoms with Crippen molar-refractivity contribution >= 4 is 30.1 Å². The van der Waals surface area contributed by atoms with Crippen LogP contribution in [0.3, 0.4) is 0 Å². The van der Waals surface area contributed by atoms with E-state index in [0.29, 0.717) is 5.56 Å². The van der Waals surface area contributed by atoms with E-state index in [2.05, 4.69) is 24.0 Å². The fourth-order valence-corrected chi connectivity index (χ4v) is 3.10. The number of anilines is 1.